The van der Waals surface area contributed by atoms with E-state index in [1.54, 1.807) is 24.3 Å². The van der Waals surface area contributed by atoms with E-state index < -0.39 is 28.3 Å². The molecule has 2 aromatic rings. The maximum absolute atomic E-state index is 13.6. The molecule has 39 heavy (non-hydrogen) atoms. The summed E-state index contributed by atoms with van der Waals surface area (Å²) in [5, 5.41) is 13.6. The summed E-state index contributed by atoms with van der Waals surface area (Å²) in [5.74, 6) is -0.0451. The molecule has 1 amide bonds. The van der Waals surface area contributed by atoms with Crippen LogP contribution < -0.4 is 5.32 Å². The summed E-state index contributed by atoms with van der Waals surface area (Å²) in [4.78, 5) is 15.5. The third kappa shape index (κ3) is 7.06. The van der Waals surface area contributed by atoms with Gasteiger partial charge in [-0.25, -0.2) is 8.42 Å². The highest BCUT2D eigenvalue weighted by molar-refractivity contribution is 7.89. The summed E-state index contributed by atoms with van der Waals surface area (Å²) >= 11 is 0. The number of hydrogen-bond donors (Lipinski definition) is 2. The summed E-state index contributed by atoms with van der Waals surface area (Å²) in [6.07, 6.45) is 0.459. The topological polar surface area (TPSA) is 108 Å². The molecule has 0 spiro atoms. The van der Waals surface area contributed by atoms with Crippen LogP contribution in [0.2, 0.25) is 0 Å². The van der Waals surface area contributed by atoms with E-state index in [0.29, 0.717) is 12.8 Å². The van der Waals surface area contributed by atoms with Crippen molar-refractivity contribution in [1.82, 2.24) is 14.5 Å². The fraction of sp³-hybridized carbons (Fsp3) is 0.552. The van der Waals surface area contributed by atoms with Gasteiger partial charge < -0.3 is 19.9 Å². The molecule has 0 bridgehead atoms. The number of hydrogen-bond acceptors (Lipinski definition) is 7. The van der Waals surface area contributed by atoms with Gasteiger partial charge in [-0.1, -0.05) is 48.0 Å². The number of β-amino-alcohol motifs (C(OH)–C–C–N with tert-alkyl or cyclic N) is 1. The summed E-state index contributed by atoms with van der Waals surface area (Å²) in [5.41, 5.74) is 2.23. The zero-order valence-electron chi connectivity index (χ0n) is 22.4. The lowest BCUT2D eigenvalue weighted by Gasteiger charge is -2.43. The molecule has 0 unspecified atom stereocenters. The number of likely N-dealkylation sites (tertiary alicyclic amines) is 1. The first kappa shape index (κ1) is 28.2. The van der Waals surface area contributed by atoms with Crippen LogP contribution in [0.3, 0.4) is 0 Å². The number of carbonyl (C=O) groups excluding carboxylic acids is 1. The molecule has 3 saturated heterocycles. The second-order valence-corrected chi connectivity index (χ2v) is 12.9. The average molecular weight is 558 g/mol. The van der Waals surface area contributed by atoms with Crippen molar-refractivity contribution in [1.29, 1.82) is 0 Å². The molecule has 9 nitrogen and oxygen atoms in total. The number of aliphatic hydroxyl groups is 1. The van der Waals surface area contributed by atoms with E-state index in [-0.39, 0.29) is 49.1 Å². The third-order valence-electron chi connectivity index (χ3n) is 7.86. The van der Waals surface area contributed by atoms with Gasteiger partial charge >= 0.3 is 0 Å². The fourth-order valence-electron chi connectivity index (χ4n) is 5.85. The minimum absolute atomic E-state index is 0.0266. The van der Waals surface area contributed by atoms with Gasteiger partial charge in [-0.05, 0) is 43.9 Å². The normalized spacial score (nSPS) is 28.8. The van der Waals surface area contributed by atoms with Gasteiger partial charge in [0.05, 0.1) is 48.9 Å². The molecule has 3 aliphatic rings. The van der Waals surface area contributed by atoms with Crippen LogP contribution in [-0.4, -0.2) is 91.9 Å². The number of carbonyl (C=O) groups is 1. The maximum Gasteiger partial charge on any atom is 0.243 e. The summed E-state index contributed by atoms with van der Waals surface area (Å²) in [6.45, 7) is 4.67. The number of nitrogens with one attached hydrogen (secondary N) is 1. The van der Waals surface area contributed by atoms with Crippen LogP contribution in [0.5, 0.6) is 0 Å². The molecule has 3 fully saturated rings. The van der Waals surface area contributed by atoms with Gasteiger partial charge in [0.2, 0.25) is 15.9 Å². The smallest absolute Gasteiger partial charge is 0.243 e. The fourth-order valence-corrected chi connectivity index (χ4v) is 7.56. The Morgan fingerprint density at radius 2 is 1.79 bits per heavy atom. The zero-order valence-corrected chi connectivity index (χ0v) is 23.3. The van der Waals surface area contributed by atoms with Crippen molar-refractivity contribution >= 4 is 15.9 Å². The number of ether oxygens (including phenoxy) is 2. The lowest BCUT2D eigenvalue weighted by molar-refractivity contribution is -0.146. The Kier molecular flexibility index (Phi) is 9.00. The number of sulfonamides is 1. The van der Waals surface area contributed by atoms with E-state index in [1.807, 2.05) is 25.1 Å². The summed E-state index contributed by atoms with van der Waals surface area (Å²) in [7, 11) is -3.85. The molecular weight excluding hydrogens is 518 g/mol. The molecule has 2 aromatic carbocycles. The first-order valence-electron chi connectivity index (χ1n) is 13.8. The Balaban J connectivity index is 1.18. The molecule has 5 atom stereocenters. The largest absolute Gasteiger partial charge is 0.389 e. The second-order valence-electron chi connectivity index (χ2n) is 11.0. The van der Waals surface area contributed by atoms with Crippen LogP contribution in [0.25, 0.3) is 0 Å². The highest BCUT2D eigenvalue weighted by atomic mass is 32.2. The van der Waals surface area contributed by atoms with Crippen molar-refractivity contribution in [2.45, 2.75) is 74.4 Å². The minimum Gasteiger partial charge on any atom is -0.389 e. The molecule has 0 aliphatic carbocycles. The number of nitrogens with zero attached hydrogens (tertiary/aromatic N) is 2. The first-order chi connectivity index (χ1) is 18.8. The van der Waals surface area contributed by atoms with Gasteiger partial charge in [0.15, 0.2) is 0 Å². The standard InChI is InChI=1S/C29H39N3O6S/c1-21-7-10-26(11-8-21)39(35,36)32-18-24(33)19-37-20-28-27(32)12-9-25(38-28)15-29(34)30-23-13-14-31(17-23)16-22-5-3-2-4-6-22/h2-8,10-11,23-25,27-28,33H,9,12-20H2,1H3,(H,30,34)/t23-,24+,25+,27+,28-/m0/s1. The monoisotopic (exact) mass is 557 g/mol. The predicted molar refractivity (Wildman–Crippen MR) is 146 cm³/mol. The third-order valence-corrected chi connectivity index (χ3v) is 9.77. The number of fused-ring (bicyclic) bond motifs is 1. The van der Waals surface area contributed by atoms with Gasteiger partial charge in [0, 0.05) is 32.2 Å². The second kappa shape index (κ2) is 12.4. The van der Waals surface area contributed by atoms with Crippen molar-refractivity contribution in [2.24, 2.45) is 0 Å². The van der Waals surface area contributed by atoms with Crippen molar-refractivity contribution in [2.75, 3.05) is 32.8 Å². The summed E-state index contributed by atoms with van der Waals surface area (Å²) < 4.78 is 40.5. The molecule has 10 heteroatoms. The number of aryl methyl sites for hydroxylation is 1. The van der Waals surface area contributed by atoms with E-state index in [2.05, 4.69) is 22.3 Å². The van der Waals surface area contributed by atoms with Gasteiger partial charge in [0.1, 0.15) is 0 Å². The Morgan fingerprint density at radius 3 is 2.56 bits per heavy atom. The first-order valence-corrected chi connectivity index (χ1v) is 15.3. The Hall–Kier alpha value is -2.34. The van der Waals surface area contributed by atoms with Crippen LogP contribution in [-0.2, 0) is 30.8 Å². The van der Waals surface area contributed by atoms with E-state index in [9.17, 15) is 18.3 Å². The molecule has 0 saturated carbocycles. The molecule has 5 rings (SSSR count). The number of benzene rings is 2. The molecule has 3 aliphatic heterocycles. The average Bonchev–Trinajstić information content (AvgIpc) is 3.33. The Morgan fingerprint density at radius 1 is 1.03 bits per heavy atom. The minimum atomic E-state index is -3.85. The highest BCUT2D eigenvalue weighted by Crippen LogP contribution is 2.31. The Labute approximate surface area is 231 Å². The van der Waals surface area contributed by atoms with Gasteiger partial charge in [-0.15, -0.1) is 0 Å². The zero-order chi connectivity index (χ0) is 27.4. The highest BCUT2D eigenvalue weighted by Gasteiger charge is 2.43. The van der Waals surface area contributed by atoms with Crippen LogP contribution >= 0.6 is 0 Å². The molecule has 0 radical (unpaired) electrons. The lowest BCUT2D eigenvalue weighted by Crippen LogP contribution is -2.57. The maximum atomic E-state index is 13.6. The number of amides is 1. The van der Waals surface area contributed by atoms with Crippen molar-refractivity contribution in [3.63, 3.8) is 0 Å². The predicted octanol–water partition coefficient (Wildman–Crippen LogP) is 2.07. The lowest BCUT2D eigenvalue weighted by atomic mass is 9.96. The number of rotatable bonds is 7. The van der Waals surface area contributed by atoms with Crippen LogP contribution in [0.4, 0.5) is 0 Å². The van der Waals surface area contributed by atoms with Crippen molar-refractivity contribution < 1.29 is 27.8 Å². The molecule has 212 valence electrons. The van der Waals surface area contributed by atoms with Crippen molar-refractivity contribution in [3.05, 3.63) is 65.7 Å². The van der Waals surface area contributed by atoms with E-state index in [0.717, 1.165) is 31.6 Å². The van der Waals surface area contributed by atoms with Crippen LogP contribution in [0, 0.1) is 6.92 Å². The molecule has 3 heterocycles. The molecule has 2 N–H and O–H groups in total. The van der Waals surface area contributed by atoms with E-state index >= 15 is 0 Å². The van der Waals surface area contributed by atoms with E-state index in [4.69, 9.17) is 9.47 Å². The van der Waals surface area contributed by atoms with Gasteiger partial charge in [0.25, 0.3) is 0 Å². The number of aliphatic hydroxyl groups excluding tert-OH is 1. The van der Waals surface area contributed by atoms with E-state index in [1.165, 1.54) is 9.87 Å². The Bertz CT molecular complexity index is 1210. The van der Waals surface area contributed by atoms with Crippen LogP contribution in [0.15, 0.2) is 59.5 Å². The summed E-state index contributed by atoms with van der Waals surface area (Å²) in [6, 6.07) is 16.7. The van der Waals surface area contributed by atoms with Gasteiger partial charge in [-0.2, -0.15) is 4.31 Å². The van der Waals surface area contributed by atoms with Crippen molar-refractivity contribution in [3.8, 4) is 0 Å². The SMILES string of the molecule is Cc1ccc(S(=O)(=O)N2C[C@@H](O)COC[C@@H]3O[C@@H](CC(=O)N[C@H]4CCN(Cc5ccccc5)C4)CC[C@H]32)cc1. The molecule has 0 aromatic heterocycles. The molecular formula is C29H39N3O6S. The van der Waals surface area contributed by atoms with Crippen LogP contribution in [0.1, 0.15) is 36.8 Å². The van der Waals surface area contributed by atoms with Gasteiger partial charge in [-0.3, -0.25) is 9.69 Å². The quantitative estimate of drug-likeness (QED) is 0.537.